The maximum atomic E-state index is 13.1. The molecule has 1 aromatic carbocycles. The van der Waals surface area contributed by atoms with Crippen molar-refractivity contribution in [2.24, 2.45) is 5.73 Å². The number of nitrogens with two attached hydrogens (primary N) is 1. The minimum absolute atomic E-state index is 0.377. The van der Waals surface area contributed by atoms with Crippen LogP contribution in [-0.2, 0) is 4.79 Å². The maximum absolute atomic E-state index is 13.1. The van der Waals surface area contributed by atoms with E-state index in [0.717, 1.165) is 6.07 Å². The van der Waals surface area contributed by atoms with Crippen molar-refractivity contribution in [3.05, 3.63) is 29.1 Å². The molecule has 76 valence electrons. The number of hydrogen-bond acceptors (Lipinski definition) is 3. The standard InChI is InChI=1S/C9H10FNO3/c1-4-2-3-5(10)6(8(4)12)7(11)9(13)14/h2-3,7,12H,11H2,1H3,(H,13,14)/t7-/m0/s1. The van der Waals surface area contributed by atoms with Gasteiger partial charge in [0.1, 0.15) is 17.6 Å². The van der Waals surface area contributed by atoms with Gasteiger partial charge in [0, 0.05) is 0 Å². The summed E-state index contributed by atoms with van der Waals surface area (Å²) in [6, 6.07) is 0.880. The Labute approximate surface area is 79.8 Å². The Bertz CT molecular complexity index is 379. The number of rotatable bonds is 2. The molecule has 4 nitrogen and oxygen atoms in total. The van der Waals surface area contributed by atoms with E-state index in [1.807, 2.05) is 0 Å². The van der Waals surface area contributed by atoms with Crippen molar-refractivity contribution < 1.29 is 19.4 Å². The molecule has 0 fully saturated rings. The summed E-state index contributed by atoms with van der Waals surface area (Å²) in [7, 11) is 0. The minimum Gasteiger partial charge on any atom is -0.507 e. The summed E-state index contributed by atoms with van der Waals surface area (Å²) in [5.74, 6) is -2.60. The number of benzene rings is 1. The average molecular weight is 199 g/mol. The van der Waals surface area contributed by atoms with Gasteiger partial charge in [-0.05, 0) is 18.6 Å². The molecule has 0 aromatic heterocycles. The molecule has 1 aromatic rings. The molecule has 0 aliphatic carbocycles. The third-order valence-electron chi connectivity index (χ3n) is 1.94. The Morgan fingerprint density at radius 3 is 2.64 bits per heavy atom. The van der Waals surface area contributed by atoms with Crippen LogP contribution in [0.3, 0.4) is 0 Å². The second-order valence-electron chi connectivity index (χ2n) is 2.94. The van der Waals surface area contributed by atoms with Crippen LogP contribution < -0.4 is 5.73 Å². The van der Waals surface area contributed by atoms with Crippen molar-refractivity contribution in [1.82, 2.24) is 0 Å². The number of carboxylic acids is 1. The predicted molar refractivity (Wildman–Crippen MR) is 47.4 cm³/mol. The van der Waals surface area contributed by atoms with Crippen molar-refractivity contribution >= 4 is 5.97 Å². The van der Waals surface area contributed by atoms with E-state index in [0.29, 0.717) is 5.56 Å². The minimum atomic E-state index is -1.55. The summed E-state index contributed by atoms with van der Waals surface area (Å²) >= 11 is 0. The highest BCUT2D eigenvalue weighted by Gasteiger charge is 2.23. The van der Waals surface area contributed by atoms with Gasteiger partial charge in [0.05, 0.1) is 5.56 Å². The van der Waals surface area contributed by atoms with E-state index in [1.165, 1.54) is 13.0 Å². The molecule has 4 N–H and O–H groups in total. The van der Waals surface area contributed by atoms with E-state index in [4.69, 9.17) is 10.8 Å². The van der Waals surface area contributed by atoms with Gasteiger partial charge < -0.3 is 15.9 Å². The number of carbonyl (C=O) groups is 1. The summed E-state index contributed by atoms with van der Waals surface area (Å²) in [4.78, 5) is 10.5. The van der Waals surface area contributed by atoms with Gasteiger partial charge in [-0.1, -0.05) is 6.07 Å². The molecule has 0 bridgehead atoms. The summed E-state index contributed by atoms with van der Waals surface area (Å²) in [6.07, 6.45) is 0. The lowest BCUT2D eigenvalue weighted by Crippen LogP contribution is -2.22. The van der Waals surface area contributed by atoms with Gasteiger partial charge in [-0.25, -0.2) is 4.39 Å². The number of aromatic hydroxyl groups is 1. The van der Waals surface area contributed by atoms with Crippen LogP contribution in [0.5, 0.6) is 5.75 Å². The first kappa shape index (κ1) is 10.5. The number of aryl methyl sites for hydroxylation is 1. The Kier molecular flexibility index (Phi) is 2.71. The quantitative estimate of drug-likeness (QED) is 0.661. The molecular formula is C9H10FNO3. The van der Waals surface area contributed by atoms with Crippen LogP contribution in [0.4, 0.5) is 4.39 Å². The first-order valence-electron chi connectivity index (χ1n) is 3.91. The molecule has 14 heavy (non-hydrogen) atoms. The lowest BCUT2D eigenvalue weighted by Gasteiger charge is -2.11. The third kappa shape index (κ3) is 1.67. The van der Waals surface area contributed by atoms with Crippen molar-refractivity contribution in [3.8, 4) is 5.75 Å². The van der Waals surface area contributed by atoms with Crippen LogP contribution in [0.2, 0.25) is 0 Å². The number of aliphatic carboxylic acids is 1. The van der Waals surface area contributed by atoms with Gasteiger partial charge in [0.2, 0.25) is 0 Å². The van der Waals surface area contributed by atoms with Gasteiger partial charge in [-0.15, -0.1) is 0 Å². The van der Waals surface area contributed by atoms with Crippen molar-refractivity contribution in [2.45, 2.75) is 13.0 Å². The molecule has 0 heterocycles. The molecule has 0 saturated carbocycles. The average Bonchev–Trinajstić information content (AvgIpc) is 2.12. The van der Waals surface area contributed by atoms with Crippen LogP contribution in [0.25, 0.3) is 0 Å². The molecule has 0 saturated heterocycles. The van der Waals surface area contributed by atoms with Gasteiger partial charge in [0.25, 0.3) is 0 Å². The number of phenols is 1. The lowest BCUT2D eigenvalue weighted by atomic mass is 10.0. The molecule has 0 aliphatic heterocycles. The first-order chi connectivity index (χ1) is 6.45. The molecule has 1 rings (SSSR count). The lowest BCUT2D eigenvalue weighted by molar-refractivity contribution is -0.138. The largest absolute Gasteiger partial charge is 0.507 e. The summed E-state index contributed by atoms with van der Waals surface area (Å²) in [5.41, 5.74) is 5.22. The summed E-state index contributed by atoms with van der Waals surface area (Å²) in [6.45, 7) is 1.53. The molecule has 0 spiro atoms. The van der Waals surface area contributed by atoms with E-state index in [2.05, 4.69) is 0 Å². The van der Waals surface area contributed by atoms with Crippen LogP contribution in [0.1, 0.15) is 17.2 Å². The zero-order valence-corrected chi connectivity index (χ0v) is 7.49. The van der Waals surface area contributed by atoms with E-state index < -0.39 is 23.6 Å². The van der Waals surface area contributed by atoms with Gasteiger partial charge in [-0.2, -0.15) is 0 Å². The number of phenolic OH excluding ortho intramolecular Hbond substituents is 1. The van der Waals surface area contributed by atoms with Crippen molar-refractivity contribution in [2.75, 3.05) is 0 Å². The van der Waals surface area contributed by atoms with E-state index in [1.54, 1.807) is 0 Å². The van der Waals surface area contributed by atoms with Crippen LogP contribution in [0, 0.1) is 12.7 Å². The third-order valence-corrected chi connectivity index (χ3v) is 1.94. The summed E-state index contributed by atoms with van der Waals surface area (Å²) < 4.78 is 13.1. The van der Waals surface area contributed by atoms with Crippen molar-refractivity contribution in [3.63, 3.8) is 0 Å². The van der Waals surface area contributed by atoms with E-state index >= 15 is 0 Å². The Morgan fingerprint density at radius 1 is 1.57 bits per heavy atom. The zero-order chi connectivity index (χ0) is 10.9. The van der Waals surface area contributed by atoms with Gasteiger partial charge in [0.15, 0.2) is 0 Å². The van der Waals surface area contributed by atoms with Gasteiger partial charge >= 0.3 is 5.97 Å². The number of hydrogen-bond donors (Lipinski definition) is 3. The fourth-order valence-corrected chi connectivity index (χ4v) is 1.11. The highest BCUT2D eigenvalue weighted by molar-refractivity contribution is 5.76. The number of carboxylic acid groups (broad SMARTS) is 1. The fraction of sp³-hybridized carbons (Fsp3) is 0.222. The highest BCUT2D eigenvalue weighted by Crippen LogP contribution is 2.29. The molecule has 0 radical (unpaired) electrons. The Morgan fingerprint density at radius 2 is 2.14 bits per heavy atom. The molecule has 5 heteroatoms. The fourth-order valence-electron chi connectivity index (χ4n) is 1.11. The Hall–Kier alpha value is -1.62. The van der Waals surface area contributed by atoms with E-state index in [-0.39, 0.29) is 5.56 Å². The number of halogens is 1. The Balaban J connectivity index is 3.32. The maximum Gasteiger partial charge on any atom is 0.325 e. The van der Waals surface area contributed by atoms with Crippen LogP contribution in [-0.4, -0.2) is 16.2 Å². The first-order valence-corrected chi connectivity index (χ1v) is 3.91. The second-order valence-corrected chi connectivity index (χ2v) is 2.94. The molecule has 0 amide bonds. The SMILES string of the molecule is Cc1ccc(F)c([C@H](N)C(=O)O)c1O. The molecule has 0 aliphatic rings. The van der Waals surface area contributed by atoms with Crippen molar-refractivity contribution in [1.29, 1.82) is 0 Å². The topological polar surface area (TPSA) is 83.6 Å². The monoisotopic (exact) mass is 199 g/mol. The van der Waals surface area contributed by atoms with E-state index in [9.17, 15) is 14.3 Å². The molecular weight excluding hydrogens is 189 g/mol. The summed E-state index contributed by atoms with van der Waals surface area (Å²) in [5, 5.41) is 18.0. The normalized spacial score (nSPS) is 12.5. The molecule has 1 atom stereocenters. The zero-order valence-electron chi connectivity index (χ0n) is 7.49. The molecule has 0 unspecified atom stereocenters. The van der Waals surface area contributed by atoms with Crippen LogP contribution in [0.15, 0.2) is 12.1 Å². The predicted octanol–water partition coefficient (Wildman–Crippen LogP) is 0.924. The van der Waals surface area contributed by atoms with Gasteiger partial charge in [-0.3, -0.25) is 4.79 Å². The highest BCUT2D eigenvalue weighted by atomic mass is 19.1. The van der Waals surface area contributed by atoms with Crippen LogP contribution >= 0.6 is 0 Å². The smallest absolute Gasteiger partial charge is 0.325 e. The second kappa shape index (κ2) is 3.63.